The number of carbonyl (C=O) groups excluding carboxylic acids is 1. The van der Waals surface area contributed by atoms with Gasteiger partial charge in [-0.2, -0.15) is 0 Å². The Morgan fingerprint density at radius 1 is 0.871 bits per heavy atom. The van der Waals surface area contributed by atoms with Crippen molar-refractivity contribution in [1.29, 1.82) is 0 Å². The molecule has 0 radical (unpaired) electrons. The Morgan fingerprint density at radius 3 is 2.06 bits per heavy atom. The van der Waals surface area contributed by atoms with Crippen molar-refractivity contribution in [3.8, 4) is 11.1 Å². The molecule has 0 aromatic heterocycles. The van der Waals surface area contributed by atoms with E-state index in [-0.39, 0.29) is 19.1 Å². The first-order valence-electron chi connectivity index (χ1n) is 10.5. The number of benzene rings is 3. The molecular weight excluding hydrogens is 390 g/mol. The smallest absolute Gasteiger partial charge is 0.407 e. The molecule has 0 bridgehead atoms. The highest BCUT2D eigenvalue weighted by atomic mass is 16.5. The van der Waals surface area contributed by atoms with E-state index in [1.165, 1.54) is 11.1 Å². The van der Waals surface area contributed by atoms with Gasteiger partial charge in [-0.05, 0) is 40.7 Å². The standard InChI is InChI=1S/C26H25NO4/c28-25(29)19(16-18-8-2-1-3-9-18)14-15-27-26(30)31-17-24-22-12-6-4-10-20(22)21-11-5-7-13-23(21)24/h1-13,19,24H,14-17H2,(H,27,30)(H,28,29)/t19-/m0/s1. The molecule has 31 heavy (non-hydrogen) atoms. The first-order chi connectivity index (χ1) is 15.1. The second-order valence-corrected chi connectivity index (χ2v) is 7.77. The largest absolute Gasteiger partial charge is 0.481 e. The minimum Gasteiger partial charge on any atom is -0.481 e. The zero-order valence-electron chi connectivity index (χ0n) is 17.2. The molecule has 4 rings (SSSR count). The molecule has 5 nitrogen and oxygen atoms in total. The van der Waals surface area contributed by atoms with Crippen LogP contribution in [0.5, 0.6) is 0 Å². The lowest BCUT2D eigenvalue weighted by molar-refractivity contribution is -0.141. The zero-order valence-corrected chi connectivity index (χ0v) is 17.2. The Labute approximate surface area is 181 Å². The van der Waals surface area contributed by atoms with E-state index in [1.54, 1.807) is 0 Å². The predicted octanol–water partition coefficient (Wildman–Crippen LogP) is 4.86. The topological polar surface area (TPSA) is 75.6 Å². The van der Waals surface area contributed by atoms with Crippen LogP contribution >= 0.6 is 0 Å². The summed E-state index contributed by atoms with van der Waals surface area (Å²) in [6.07, 6.45) is 0.252. The molecule has 0 heterocycles. The summed E-state index contributed by atoms with van der Waals surface area (Å²) in [4.78, 5) is 23.8. The molecule has 2 N–H and O–H groups in total. The van der Waals surface area contributed by atoms with Crippen molar-refractivity contribution in [2.45, 2.75) is 18.8 Å². The van der Waals surface area contributed by atoms with E-state index in [2.05, 4.69) is 29.6 Å². The van der Waals surface area contributed by atoms with Gasteiger partial charge in [0.15, 0.2) is 0 Å². The summed E-state index contributed by atoms with van der Waals surface area (Å²) >= 11 is 0. The number of amides is 1. The number of hydrogen-bond acceptors (Lipinski definition) is 3. The number of carboxylic acid groups (broad SMARTS) is 1. The SMILES string of the molecule is O=C(NCC[C@@H](Cc1ccccc1)C(=O)O)OCC1c2ccccc2-c2ccccc21. The summed E-state index contributed by atoms with van der Waals surface area (Å²) in [5.41, 5.74) is 5.64. The second kappa shape index (κ2) is 9.47. The molecule has 1 atom stereocenters. The van der Waals surface area contributed by atoms with E-state index in [0.717, 1.165) is 16.7 Å². The number of nitrogens with one attached hydrogen (secondary N) is 1. The van der Waals surface area contributed by atoms with Crippen LogP contribution in [0.2, 0.25) is 0 Å². The first-order valence-corrected chi connectivity index (χ1v) is 10.5. The Kier molecular flexibility index (Phi) is 6.32. The number of carboxylic acids is 1. The lowest BCUT2D eigenvalue weighted by Crippen LogP contribution is -2.30. The lowest BCUT2D eigenvalue weighted by atomic mass is 9.96. The molecule has 158 valence electrons. The molecule has 0 saturated heterocycles. The van der Waals surface area contributed by atoms with Crippen molar-refractivity contribution < 1.29 is 19.4 Å². The van der Waals surface area contributed by atoms with Crippen LogP contribution in [0.3, 0.4) is 0 Å². The van der Waals surface area contributed by atoms with Gasteiger partial charge >= 0.3 is 12.1 Å². The third-order valence-corrected chi connectivity index (χ3v) is 5.78. The van der Waals surface area contributed by atoms with Crippen LogP contribution in [-0.4, -0.2) is 30.3 Å². The van der Waals surface area contributed by atoms with Gasteiger partial charge in [-0.1, -0.05) is 78.9 Å². The summed E-state index contributed by atoms with van der Waals surface area (Å²) in [5.74, 6) is -1.42. The summed E-state index contributed by atoms with van der Waals surface area (Å²) in [6, 6.07) is 25.9. The minimum absolute atomic E-state index is 0.00278. The number of carbonyl (C=O) groups is 2. The maximum atomic E-state index is 12.3. The van der Waals surface area contributed by atoms with Crippen molar-refractivity contribution in [2.24, 2.45) is 5.92 Å². The van der Waals surface area contributed by atoms with Crippen LogP contribution in [0.4, 0.5) is 4.79 Å². The maximum absolute atomic E-state index is 12.3. The van der Waals surface area contributed by atoms with Crippen LogP contribution in [0.25, 0.3) is 11.1 Å². The van der Waals surface area contributed by atoms with Crippen molar-refractivity contribution in [3.63, 3.8) is 0 Å². The molecule has 0 spiro atoms. The predicted molar refractivity (Wildman–Crippen MR) is 119 cm³/mol. The van der Waals surface area contributed by atoms with E-state index in [4.69, 9.17) is 4.74 Å². The Hall–Kier alpha value is -3.60. The molecule has 3 aromatic rings. The Bertz CT molecular complexity index is 1020. The number of rotatable bonds is 8. The molecule has 1 amide bonds. The number of fused-ring (bicyclic) bond motifs is 3. The van der Waals surface area contributed by atoms with Crippen LogP contribution in [0.1, 0.15) is 29.0 Å². The van der Waals surface area contributed by atoms with Gasteiger partial charge in [0.2, 0.25) is 0 Å². The van der Waals surface area contributed by atoms with Gasteiger partial charge in [0.25, 0.3) is 0 Å². The molecule has 1 aliphatic rings. The third-order valence-electron chi connectivity index (χ3n) is 5.78. The van der Waals surface area contributed by atoms with Gasteiger partial charge < -0.3 is 15.2 Å². The van der Waals surface area contributed by atoms with Gasteiger partial charge in [0.05, 0.1) is 5.92 Å². The highest BCUT2D eigenvalue weighted by Crippen LogP contribution is 2.44. The molecule has 3 aromatic carbocycles. The molecule has 0 saturated carbocycles. The monoisotopic (exact) mass is 415 g/mol. The van der Waals surface area contributed by atoms with Crippen LogP contribution in [0, 0.1) is 5.92 Å². The van der Waals surface area contributed by atoms with Crippen LogP contribution in [-0.2, 0) is 16.0 Å². The van der Waals surface area contributed by atoms with Gasteiger partial charge in [0.1, 0.15) is 6.61 Å². The summed E-state index contributed by atoms with van der Waals surface area (Å²) in [7, 11) is 0. The van der Waals surface area contributed by atoms with E-state index in [1.807, 2.05) is 54.6 Å². The minimum atomic E-state index is -0.863. The average Bonchev–Trinajstić information content (AvgIpc) is 3.11. The third kappa shape index (κ3) is 4.77. The molecular formula is C26H25NO4. The van der Waals surface area contributed by atoms with Crippen LogP contribution < -0.4 is 5.32 Å². The molecule has 5 heteroatoms. The quantitative estimate of drug-likeness (QED) is 0.551. The molecule has 0 unspecified atom stereocenters. The van der Waals surface area contributed by atoms with E-state index in [9.17, 15) is 14.7 Å². The second-order valence-electron chi connectivity index (χ2n) is 7.77. The van der Waals surface area contributed by atoms with Crippen molar-refractivity contribution >= 4 is 12.1 Å². The Morgan fingerprint density at radius 2 is 1.45 bits per heavy atom. The van der Waals surface area contributed by atoms with E-state index < -0.39 is 18.0 Å². The van der Waals surface area contributed by atoms with E-state index in [0.29, 0.717) is 12.8 Å². The number of aliphatic carboxylic acids is 1. The van der Waals surface area contributed by atoms with Crippen molar-refractivity contribution in [1.82, 2.24) is 5.32 Å². The Balaban J connectivity index is 1.30. The number of hydrogen-bond donors (Lipinski definition) is 2. The lowest BCUT2D eigenvalue weighted by Gasteiger charge is -2.16. The van der Waals surface area contributed by atoms with Crippen LogP contribution in [0.15, 0.2) is 78.9 Å². The average molecular weight is 415 g/mol. The fourth-order valence-corrected chi connectivity index (χ4v) is 4.21. The molecule has 0 aliphatic heterocycles. The summed E-state index contributed by atoms with van der Waals surface area (Å²) in [5, 5.41) is 12.2. The molecule has 1 aliphatic carbocycles. The molecule has 0 fully saturated rings. The van der Waals surface area contributed by atoms with Gasteiger partial charge in [-0.25, -0.2) is 4.79 Å². The summed E-state index contributed by atoms with van der Waals surface area (Å²) in [6.45, 7) is 0.493. The van der Waals surface area contributed by atoms with Gasteiger partial charge in [-0.3, -0.25) is 4.79 Å². The highest BCUT2D eigenvalue weighted by molar-refractivity contribution is 5.79. The normalized spacial score (nSPS) is 13.2. The maximum Gasteiger partial charge on any atom is 0.407 e. The fraction of sp³-hybridized carbons (Fsp3) is 0.231. The number of ether oxygens (including phenoxy) is 1. The van der Waals surface area contributed by atoms with Crippen molar-refractivity contribution in [2.75, 3.05) is 13.2 Å². The number of alkyl carbamates (subject to hydrolysis) is 1. The summed E-state index contributed by atoms with van der Waals surface area (Å²) < 4.78 is 5.50. The highest BCUT2D eigenvalue weighted by Gasteiger charge is 2.29. The first kappa shape index (κ1) is 20.7. The fourth-order valence-electron chi connectivity index (χ4n) is 4.21. The van der Waals surface area contributed by atoms with Gasteiger partial charge in [-0.15, -0.1) is 0 Å². The zero-order chi connectivity index (χ0) is 21.6. The van der Waals surface area contributed by atoms with E-state index >= 15 is 0 Å². The van der Waals surface area contributed by atoms with Gasteiger partial charge in [0, 0.05) is 12.5 Å². The van der Waals surface area contributed by atoms with Crippen molar-refractivity contribution in [3.05, 3.63) is 95.6 Å².